The third kappa shape index (κ3) is 4.44. The molecule has 0 aliphatic rings. The van der Waals surface area contributed by atoms with Gasteiger partial charge in [0.05, 0.1) is 0 Å². The number of hydrogen-bond acceptors (Lipinski definition) is 3. The molecule has 0 saturated carbocycles. The van der Waals surface area contributed by atoms with Crippen molar-refractivity contribution in [2.75, 3.05) is 4.90 Å². The second-order valence-electron chi connectivity index (χ2n) is 12.5. The van der Waals surface area contributed by atoms with Crippen molar-refractivity contribution in [2.24, 2.45) is 0 Å². The molecule has 0 N–H and O–H groups in total. The normalized spacial score (nSPS) is 11.7. The summed E-state index contributed by atoms with van der Waals surface area (Å²) in [6, 6.07) is 61.9. The minimum absolute atomic E-state index is 0.872. The third-order valence-corrected chi connectivity index (χ3v) is 9.66. The second kappa shape index (κ2) is 11.0. The van der Waals surface area contributed by atoms with E-state index in [0.717, 1.165) is 77.5 Å². The number of benzene rings is 8. The van der Waals surface area contributed by atoms with Gasteiger partial charge in [0, 0.05) is 49.6 Å². The van der Waals surface area contributed by atoms with Crippen molar-refractivity contribution >= 4 is 71.7 Å². The van der Waals surface area contributed by atoms with E-state index in [4.69, 9.17) is 8.83 Å². The molecular weight excluding hydrogens is 599 g/mol. The van der Waals surface area contributed by atoms with E-state index in [9.17, 15) is 0 Å². The molecular formula is C46H29NO2. The van der Waals surface area contributed by atoms with E-state index < -0.39 is 0 Å². The summed E-state index contributed by atoms with van der Waals surface area (Å²) in [5, 5.41) is 6.77. The van der Waals surface area contributed by atoms with Crippen LogP contribution < -0.4 is 4.90 Å². The number of anilines is 3. The van der Waals surface area contributed by atoms with Gasteiger partial charge < -0.3 is 13.7 Å². The molecule has 49 heavy (non-hydrogen) atoms. The summed E-state index contributed by atoms with van der Waals surface area (Å²) < 4.78 is 13.0. The van der Waals surface area contributed by atoms with Crippen molar-refractivity contribution < 1.29 is 8.83 Å². The van der Waals surface area contributed by atoms with E-state index in [1.807, 2.05) is 12.1 Å². The van der Waals surface area contributed by atoms with E-state index in [-0.39, 0.29) is 0 Å². The Morgan fingerprint density at radius 3 is 1.69 bits per heavy atom. The largest absolute Gasteiger partial charge is 0.455 e. The van der Waals surface area contributed by atoms with Crippen LogP contribution in [0.15, 0.2) is 185 Å². The number of hydrogen-bond donors (Lipinski definition) is 0. The summed E-state index contributed by atoms with van der Waals surface area (Å²) in [5.74, 6) is 0. The Morgan fingerprint density at radius 1 is 0.306 bits per heavy atom. The van der Waals surface area contributed by atoms with Gasteiger partial charge in [0.15, 0.2) is 0 Å². The minimum Gasteiger partial charge on any atom is -0.455 e. The molecule has 0 atom stereocenters. The fraction of sp³-hybridized carbons (Fsp3) is 0. The first-order valence-corrected chi connectivity index (χ1v) is 16.6. The second-order valence-corrected chi connectivity index (χ2v) is 12.5. The summed E-state index contributed by atoms with van der Waals surface area (Å²) in [7, 11) is 0. The first-order chi connectivity index (χ1) is 24.3. The van der Waals surface area contributed by atoms with Gasteiger partial charge in [-0.2, -0.15) is 0 Å². The Bertz CT molecular complexity index is 2810. The molecule has 10 aromatic rings. The van der Waals surface area contributed by atoms with E-state index in [0.29, 0.717) is 0 Å². The van der Waals surface area contributed by atoms with Gasteiger partial charge >= 0.3 is 0 Å². The maximum atomic E-state index is 6.60. The molecule has 0 fully saturated rings. The predicted octanol–water partition coefficient (Wildman–Crippen LogP) is 13.4. The average Bonchev–Trinajstić information content (AvgIpc) is 3.74. The van der Waals surface area contributed by atoms with Crippen LogP contribution >= 0.6 is 0 Å². The zero-order valence-electron chi connectivity index (χ0n) is 26.5. The maximum Gasteiger partial charge on any atom is 0.143 e. The van der Waals surface area contributed by atoms with E-state index in [1.165, 1.54) is 16.5 Å². The fourth-order valence-electron chi connectivity index (χ4n) is 7.37. The summed E-state index contributed by atoms with van der Waals surface area (Å²) in [6.07, 6.45) is 0. The summed E-state index contributed by atoms with van der Waals surface area (Å²) >= 11 is 0. The molecule has 0 aliphatic heterocycles. The molecule has 0 spiro atoms. The van der Waals surface area contributed by atoms with Crippen molar-refractivity contribution in [2.45, 2.75) is 0 Å². The molecule has 0 aliphatic carbocycles. The van der Waals surface area contributed by atoms with Gasteiger partial charge in [-0.25, -0.2) is 0 Å². The van der Waals surface area contributed by atoms with Gasteiger partial charge in [0.2, 0.25) is 0 Å². The zero-order chi connectivity index (χ0) is 32.3. The highest BCUT2D eigenvalue weighted by Gasteiger charge is 2.19. The molecule has 2 aromatic heterocycles. The lowest BCUT2D eigenvalue weighted by Crippen LogP contribution is -2.09. The van der Waals surface area contributed by atoms with Gasteiger partial charge in [-0.15, -0.1) is 0 Å². The Labute approximate surface area is 282 Å². The maximum absolute atomic E-state index is 6.60. The third-order valence-electron chi connectivity index (χ3n) is 9.66. The molecule has 3 nitrogen and oxygen atoms in total. The Hall–Kier alpha value is -6.58. The van der Waals surface area contributed by atoms with Crippen LogP contribution in [0, 0.1) is 0 Å². The van der Waals surface area contributed by atoms with E-state index in [1.54, 1.807) is 0 Å². The van der Waals surface area contributed by atoms with E-state index in [2.05, 4.69) is 169 Å². The Kier molecular flexibility index (Phi) is 6.18. The van der Waals surface area contributed by atoms with Crippen LogP contribution in [0.5, 0.6) is 0 Å². The van der Waals surface area contributed by atoms with Crippen LogP contribution in [0.4, 0.5) is 17.1 Å². The molecule has 10 rings (SSSR count). The predicted molar refractivity (Wildman–Crippen MR) is 204 cm³/mol. The molecule has 230 valence electrons. The lowest BCUT2D eigenvalue weighted by atomic mass is 9.95. The van der Waals surface area contributed by atoms with Gasteiger partial charge in [0.1, 0.15) is 22.3 Å². The Balaban J connectivity index is 1.13. The van der Waals surface area contributed by atoms with Crippen LogP contribution in [-0.2, 0) is 0 Å². The highest BCUT2D eigenvalue weighted by molar-refractivity contribution is 6.19. The number of rotatable bonds is 5. The molecule has 3 heteroatoms. The number of furan rings is 2. The molecule has 0 amide bonds. The molecule has 0 saturated heterocycles. The number of nitrogens with zero attached hydrogens (tertiary/aromatic N) is 1. The lowest BCUT2D eigenvalue weighted by molar-refractivity contribution is 0.670. The standard InChI is InChI=1S/C46H29NO2/c1-3-12-30(13-4-1)40-29-42-41-28-34(26-27-44(41)49-46(42)38-18-8-7-16-36(38)40)47(32-14-5-2-6-15-32)33-24-22-31(23-25-33)35-19-11-20-39-37-17-9-10-21-43(37)48-45(35)39/h1-29H. The molecule has 8 aromatic carbocycles. The molecule has 0 bridgehead atoms. The van der Waals surface area contributed by atoms with Crippen molar-refractivity contribution in [3.8, 4) is 22.3 Å². The molecule has 0 unspecified atom stereocenters. The van der Waals surface area contributed by atoms with E-state index >= 15 is 0 Å². The SMILES string of the molecule is c1ccc(-c2cc3c4cc(N(c5ccccc5)c5ccc(-c6cccc7c6oc6ccccc67)cc5)ccc4oc3c3ccccc23)cc1. The van der Waals surface area contributed by atoms with Crippen LogP contribution in [-0.4, -0.2) is 0 Å². The summed E-state index contributed by atoms with van der Waals surface area (Å²) in [5.41, 5.74) is 11.4. The first-order valence-electron chi connectivity index (χ1n) is 16.6. The molecule has 0 radical (unpaired) electrons. The van der Waals surface area contributed by atoms with Crippen LogP contribution in [0.3, 0.4) is 0 Å². The van der Waals surface area contributed by atoms with Crippen molar-refractivity contribution in [1.82, 2.24) is 0 Å². The topological polar surface area (TPSA) is 29.5 Å². The lowest BCUT2D eigenvalue weighted by Gasteiger charge is -2.25. The smallest absolute Gasteiger partial charge is 0.143 e. The molecule has 2 heterocycles. The van der Waals surface area contributed by atoms with Gasteiger partial charge in [-0.3, -0.25) is 0 Å². The zero-order valence-corrected chi connectivity index (χ0v) is 26.5. The number of para-hydroxylation sites is 3. The van der Waals surface area contributed by atoms with Crippen molar-refractivity contribution in [3.63, 3.8) is 0 Å². The highest BCUT2D eigenvalue weighted by atomic mass is 16.3. The minimum atomic E-state index is 0.872. The van der Waals surface area contributed by atoms with Crippen LogP contribution in [0.1, 0.15) is 0 Å². The van der Waals surface area contributed by atoms with Gasteiger partial charge in [-0.05, 0) is 76.7 Å². The number of fused-ring (bicyclic) bond motifs is 8. The van der Waals surface area contributed by atoms with Gasteiger partial charge in [0.25, 0.3) is 0 Å². The quantitative estimate of drug-likeness (QED) is 0.190. The monoisotopic (exact) mass is 627 g/mol. The van der Waals surface area contributed by atoms with Gasteiger partial charge in [-0.1, -0.05) is 121 Å². The summed E-state index contributed by atoms with van der Waals surface area (Å²) in [4.78, 5) is 2.31. The van der Waals surface area contributed by atoms with Crippen LogP contribution in [0.25, 0.3) is 76.9 Å². The highest BCUT2D eigenvalue weighted by Crippen LogP contribution is 2.43. The van der Waals surface area contributed by atoms with Crippen molar-refractivity contribution in [1.29, 1.82) is 0 Å². The fourth-order valence-corrected chi connectivity index (χ4v) is 7.37. The van der Waals surface area contributed by atoms with Crippen molar-refractivity contribution in [3.05, 3.63) is 176 Å². The Morgan fingerprint density at radius 2 is 0.878 bits per heavy atom. The average molecular weight is 628 g/mol. The first kappa shape index (κ1) is 27.5. The van der Waals surface area contributed by atoms with Crippen LogP contribution in [0.2, 0.25) is 0 Å². The summed E-state index contributed by atoms with van der Waals surface area (Å²) in [6.45, 7) is 0.